The van der Waals surface area contributed by atoms with Crippen molar-refractivity contribution in [2.24, 2.45) is 0 Å². The van der Waals surface area contributed by atoms with Crippen molar-refractivity contribution in [2.75, 3.05) is 25.1 Å². The molecule has 0 aromatic heterocycles. The number of nitrogens with zero attached hydrogens (tertiary/aromatic N) is 1. The van der Waals surface area contributed by atoms with Crippen molar-refractivity contribution >= 4 is 40.6 Å². The van der Waals surface area contributed by atoms with Gasteiger partial charge in [0, 0.05) is 11.8 Å². The van der Waals surface area contributed by atoms with E-state index in [9.17, 15) is 14.4 Å². The van der Waals surface area contributed by atoms with Gasteiger partial charge >= 0.3 is 0 Å². The minimum Gasteiger partial charge on any atom is -0.486 e. The molecular weight excluding hydrogens is 380 g/mol. The van der Waals surface area contributed by atoms with Crippen LogP contribution in [0.1, 0.15) is 5.56 Å². The van der Waals surface area contributed by atoms with E-state index in [1.165, 1.54) is 0 Å². The number of anilines is 1. The average Bonchev–Trinajstić information content (AvgIpc) is 2.96. The number of carbonyl (C=O) groups excluding carboxylic acids is 3. The van der Waals surface area contributed by atoms with Gasteiger partial charge in [0.2, 0.25) is 5.91 Å². The summed E-state index contributed by atoms with van der Waals surface area (Å²) in [6, 6.07) is 14.3. The van der Waals surface area contributed by atoms with E-state index in [1.807, 2.05) is 30.3 Å². The van der Waals surface area contributed by atoms with Gasteiger partial charge in [-0.25, -0.2) is 0 Å². The molecule has 4 rings (SSSR count). The van der Waals surface area contributed by atoms with Crippen molar-refractivity contribution in [2.45, 2.75) is 0 Å². The Kier molecular flexibility index (Phi) is 5.03. The van der Waals surface area contributed by atoms with Crippen LogP contribution in [0.15, 0.2) is 53.4 Å². The van der Waals surface area contributed by atoms with Gasteiger partial charge in [-0.2, -0.15) is 0 Å². The van der Waals surface area contributed by atoms with Crippen LogP contribution < -0.4 is 14.8 Å². The lowest BCUT2D eigenvalue weighted by molar-refractivity contribution is -0.127. The first-order valence-electron chi connectivity index (χ1n) is 8.60. The van der Waals surface area contributed by atoms with Gasteiger partial charge in [0.1, 0.15) is 19.8 Å². The quantitative estimate of drug-likeness (QED) is 0.800. The molecule has 28 heavy (non-hydrogen) atoms. The lowest BCUT2D eigenvalue weighted by Crippen LogP contribution is -2.36. The molecule has 1 saturated heterocycles. The molecule has 0 bridgehead atoms. The molecule has 0 spiro atoms. The number of ether oxygens (including phenoxy) is 2. The van der Waals surface area contributed by atoms with Crippen LogP contribution in [0.5, 0.6) is 11.5 Å². The molecule has 1 fully saturated rings. The second-order valence-corrected chi connectivity index (χ2v) is 7.08. The molecule has 0 saturated carbocycles. The molecule has 0 unspecified atom stereocenters. The lowest BCUT2D eigenvalue weighted by atomic mass is 10.2. The van der Waals surface area contributed by atoms with E-state index >= 15 is 0 Å². The van der Waals surface area contributed by atoms with Crippen LogP contribution in [0.4, 0.5) is 10.5 Å². The Balaban J connectivity index is 1.42. The highest BCUT2D eigenvalue weighted by molar-refractivity contribution is 8.18. The van der Waals surface area contributed by atoms with Crippen molar-refractivity contribution in [3.63, 3.8) is 0 Å². The second kappa shape index (κ2) is 7.77. The maximum atomic E-state index is 12.5. The molecule has 3 amide bonds. The third-order valence-corrected chi connectivity index (χ3v) is 5.01. The highest BCUT2D eigenvalue weighted by Crippen LogP contribution is 2.33. The SMILES string of the molecule is O=C(CN1C(=O)S/C(=C/c2ccccc2)C1=O)Nc1ccc2c(c1)OCCO2. The minimum absolute atomic E-state index is 0.295. The molecule has 2 heterocycles. The molecule has 0 atom stereocenters. The van der Waals surface area contributed by atoms with E-state index in [0.29, 0.717) is 35.3 Å². The normalized spacial score (nSPS) is 17.1. The van der Waals surface area contributed by atoms with E-state index < -0.39 is 17.1 Å². The molecule has 2 aromatic rings. The van der Waals surface area contributed by atoms with Crippen LogP contribution >= 0.6 is 11.8 Å². The van der Waals surface area contributed by atoms with E-state index in [1.54, 1.807) is 24.3 Å². The molecule has 8 heteroatoms. The summed E-state index contributed by atoms with van der Waals surface area (Å²) in [6.45, 7) is 0.564. The molecule has 1 N–H and O–H groups in total. The van der Waals surface area contributed by atoms with Crippen molar-refractivity contribution < 1.29 is 23.9 Å². The highest BCUT2D eigenvalue weighted by Gasteiger charge is 2.36. The number of fused-ring (bicyclic) bond motifs is 1. The number of rotatable bonds is 4. The summed E-state index contributed by atoms with van der Waals surface area (Å²) in [6.07, 6.45) is 1.64. The third-order valence-electron chi connectivity index (χ3n) is 4.10. The number of amides is 3. The summed E-state index contributed by atoms with van der Waals surface area (Å²) in [5, 5.41) is 2.21. The number of hydrogen-bond acceptors (Lipinski definition) is 6. The highest BCUT2D eigenvalue weighted by atomic mass is 32.2. The van der Waals surface area contributed by atoms with E-state index in [-0.39, 0.29) is 6.54 Å². The zero-order valence-corrected chi connectivity index (χ0v) is 15.5. The van der Waals surface area contributed by atoms with Crippen LogP contribution in [-0.4, -0.2) is 41.7 Å². The van der Waals surface area contributed by atoms with Gasteiger partial charge in [-0.05, 0) is 35.5 Å². The van der Waals surface area contributed by atoms with Crippen molar-refractivity contribution in [3.05, 3.63) is 59.0 Å². The zero-order valence-electron chi connectivity index (χ0n) is 14.7. The van der Waals surface area contributed by atoms with Crippen LogP contribution in [0, 0.1) is 0 Å². The summed E-state index contributed by atoms with van der Waals surface area (Å²) < 4.78 is 10.9. The van der Waals surface area contributed by atoms with Gasteiger partial charge in [-0.15, -0.1) is 0 Å². The molecule has 2 aromatic carbocycles. The van der Waals surface area contributed by atoms with Gasteiger partial charge in [0.05, 0.1) is 4.91 Å². The van der Waals surface area contributed by atoms with Gasteiger partial charge in [0.15, 0.2) is 11.5 Å². The summed E-state index contributed by atoms with van der Waals surface area (Å²) in [5.41, 5.74) is 1.31. The van der Waals surface area contributed by atoms with Crippen LogP contribution in [0.25, 0.3) is 6.08 Å². The monoisotopic (exact) mass is 396 g/mol. The van der Waals surface area contributed by atoms with Crippen molar-refractivity contribution in [1.82, 2.24) is 4.90 Å². The lowest BCUT2D eigenvalue weighted by Gasteiger charge is -2.19. The predicted octanol–water partition coefficient (Wildman–Crippen LogP) is 3.13. The molecule has 0 radical (unpaired) electrons. The first-order valence-corrected chi connectivity index (χ1v) is 9.42. The standard InChI is InChI=1S/C20H16N2O5S/c23-18(21-14-6-7-15-16(11-14)27-9-8-26-15)12-22-19(24)17(28-20(22)25)10-13-4-2-1-3-5-13/h1-7,10-11H,8-9,12H2,(H,21,23)/b17-10+. The van der Waals surface area contributed by atoms with Crippen molar-refractivity contribution in [1.29, 1.82) is 0 Å². The average molecular weight is 396 g/mol. The number of hydrogen-bond donors (Lipinski definition) is 1. The minimum atomic E-state index is -0.476. The third kappa shape index (κ3) is 3.86. The summed E-state index contributed by atoms with van der Waals surface area (Å²) in [5.74, 6) is 0.207. The Morgan fingerprint density at radius 1 is 1.07 bits per heavy atom. The summed E-state index contributed by atoms with van der Waals surface area (Å²) in [4.78, 5) is 38.2. The fraction of sp³-hybridized carbons (Fsp3) is 0.150. The molecular formula is C20H16N2O5S. The zero-order chi connectivity index (χ0) is 19.5. The molecule has 2 aliphatic heterocycles. The summed E-state index contributed by atoms with van der Waals surface area (Å²) >= 11 is 0.826. The van der Waals surface area contributed by atoms with Crippen LogP contribution in [-0.2, 0) is 9.59 Å². The molecule has 7 nitrogen and oxygen atoms in total. The Morgan fingerprint density at radius 2 is 1.82 bits per heavy atom. The Morgan fingerprint density at radius 3 is 2.61 bits per heavy atom. The molecule has 142 valence electrons. The number of thioether (sulfide) groups is 1. The maximum absolute atomic E-state index is 12.5. The fourth-order valence-corrected chi connectivity index (χ4v) is 3.64. The first kappa shape index (κ1) is 18.1. The number of benzene rings is 2. The van der Waals surface area contributed by atoms with Gasteiger partial charge in [-0.3, -0.25) is 19.3 Å². The van der Waals surface area contributed by atoms with E-state index in [0.717, 1.165) is 22.2 Å². The number of imide groups is 1. The van der Waals surface area contributed by atoms with Crippen LogP contribution in [0.2, 0.25) is 0 Å². The van der Waals surface area contributed by atoms with Gasteiger partial charge in [-0.1, -0.05) is 30.3 Å². The largest absolute Gasteiger partial charge is 0.486 e. The summed E-state index contributed by atoms with van der Waals surface area (Å²) in [7, 11) is 0. The topological polar surface area (TPSA) is 84.9 Å². The molecule has 0 aliphatic carbocycles. The maximum Gasteiger partial charge on any atom is 0.294 e. The Bertz CT molecular complexity index is 974. The van der Waals surface area contributed by atoms with Crippen LogP contribution in [0.3, 0.4) is 0 Å². The second-order valence-electron chi connectivity index (χ2n) is 6.09. The van der Waals surface area contributed by atoms with E-state index in [4.69, 9.17) is 9.47 Å². The van der Waals surface area contributed by atoms with Gasteiger partial charge < -0.3 is 14.8 Å². The molecule has 2 aliphatic rings. The first-order chi connectivity index (χ1) is 13.6. The number of nitrogens with one attached hydrogen (secondary N) is 1. The smallest absolute Gasteiger partial charge is 0.294 e. The predicted molar refractivity (Wildman–Crippen MR) is 105 cm³/mol. The van der Waals surface area contributed by atoms with Crippen molar-refractivity contribution in [3.8, 4) is 11.5 Å². The van der Waals surface area contributed by atoms with Gasteiger partial charge in [0.25, 0.3) is 11.1 Å². The fourth-order valence-electron chi connectivity index (χ4n) is 2.80. The Labute approximate surface area is 165 Å². The Hall–Kier alpha value is -3.26. The van der Waals surface area contributed by atoms with E-state index in [2.05, 4.69) is 5.32 Å². The number of carbonyl (C=O) groups is 3.